The highest BCUT2D eigenvalue weighted by Gasteiger charge is 2.11. The molecule has 0 fully saturated rings. The summed E-state index contributed by atoms with van der Waals surface area (Å²) in [5, 5.41) is 13.7. The molecule has 0 saturated carbocycles. The minimum absolute atomic E-state index is 0.256. The van der Waals surface area contributed by atoms with E-state index >= 15 is 0 Å². The molecule has 4 nitrogen and oxygen atoms in total. The van der Waals surface area contributed by atoms with Crippen molar-refractivity contribution in [1.29, 1.82) is 0 Å². The van der Waals surface area contributed by atoms with Crippen LogP contribution in [0.5, 0.6) is 5.75 Å². The van der Waals surface area contributed by atoms with Crippen LogP contribution >= 0.6 is 15.9 Å². The lowest BCUT2D eigenvalue weighted by atomic mass is 10.1. The van der Waals surface area contributed by atoms with E-state index in [9.17, 15) is 5.11 Å². The van der Waals surface area contributed by atoms with Gasteiger partial charge in [-0.15, -0.1) is 0 Å². The number of nitrogens with two attached hydrogens (primary N) is 1. The Kier molecular flexibility index (Phi) is 2.63. The van der Waals surface area contributed by atoms with Crippen molar-refractivity contribution in [3.05, 3.63) is 28.4 Å². The lowest BCUT2D eigenvalue weighted by Gasteiger charge is -2.06. The highest BCUT2D eigenvalue weighted by atomic mass is 79.9. The van der Waals surface area contributed by atoms with Gasteiger partial charge in [-0.05, 0) is 46.1 Å². The summed E-state index contributed by atoms with van der Waals surface area (Å²) in [5.74, 6) is 0.864. The number of hydrogen-bond acceptors (Lipinski definition) is 3. The Balaban J connectivity index is 2.61. The average molecular weight is 282 g/mol. The van der Waals surface area contributed by atoms with Crippen LogP contribution in [0.3, 0.4) is 0 Å². The van der Waals surface area contributed by atoms with E-state index in [1.807, 2.05) is 19.1 Å². The summed E-state index contributed by atoms with van der Waals surface area (Å²) in [6.07, 6.45) is 1.72. The highest BCUT2D eigenvalue weighted by Crippen LogP contribution is 2.34. The van der Waals surface area contributed by atoms with Crippen molar-refractivity contribution in [3.63, 3.8) is 0 Å². The molecule has 0 saturated heterocycles. The predicted octanol–water partition coefficient (Wildman–Crippen LogP) is 2.45. The second-order valence-electron chi connectivity index (χ2n) is 3.69. The molecule has 2 aromatic rings. The van der Waals surface area contributed by atoms with Crippen LogP contribution in [0.1, 0.15) is 5.56 Å². The van der Waals surface area contributed by atoms with Gasteiger partial charge in [-0.3, -0.25) is 4.68 Å². The summed E-state index contributed by atoms with van der Waals surface area (Å²) in [7, 11) is 1.79. The molecule has 0 aliphatic rings. The van der Waals surface area contributed by atoms with Crippen molar-refractivity contribution in [2.75, 3.05) is 5.73 Å². The molecule has 1 heterocycles. The molecule has 5 heteroatoms. The maximum Gasteiger partial charge on any atom is 0.132 e. The van der Waals surface area contributed by atoms with Crippen LogP contribution in [0, 0.1) is 6.92 Å². The Morgan fingerprint density at radius 1 is 1.44 bits per heavy atom. The molecule has 2 rings (SSSR count). The lowest BCUT2D eigenvalue weighted by molar-refractivity contribution is 0.468. The highest BCUT2D eigenvalue weighted by molar-refractivity contribution is 9.10. The zero-order valence-electron chi connectivity index (χ0n) is 9.03. The van der Waals surface area contributed by atoms with Crippen LogP contribution in [0.2, 0.25) is 0 Å². The molecule has 0 aliphatic heterocycles. The molecule has 0 aliphatic carbocycles. The first-order chi connectivity index (χ1) is 7.50. The van der Waals surface area contributed by atoms with E-state index in [4.69, 9.17) is 5.73 Å². The lowest BCUT2D eigenvalue weighted by Crippen LogP contribution is -1.98. The Labute approximate surface area is 102 Å². The number of phenolic OH excluding ortho intramolecular Hbond substituents is 1. The summed E-state index contributed by atoms with van der Waals surface area (Å²) in [6, 6.07) is 3.71. The SMILES string of the molecule is Cc1cc(-c2cnn(C)c2N)cc(Br)c1O. The molecule has 1 aromatic carbocycles. The molecule has 0 radical (unpaired) electrons. The van der Waals surface area contributed by atoms with Crippen molar-refractivity contribution in [2.24, 2.45) is 7.05 Å². The maximum absolute atomic E-state index is 9.65. The molecule has 0 atom stereocenters. The van der Waals surface area contributed by atoms with Crippen LogP contribution in [-0.2, 0) is 7.05 Å². The number of rotatable bonds is 1. The van der Waals surface area contributed by atoms with Gasteiger partial charge in [0.15, 0.2) is 0 Å². The van der Waals surface area contributed by atoms with Crippen molar-refractivity contribution < 1.29 is 5.11 Å². The number of nitrogen functional groups attached to an aromatic ring is 1. The summed E-state index contributed by atoms with van der Waals surface area (Å²) in [6.45, 7) is 1.84. The first kappa shape index (κ1) is 11.0. The third-order valence-corrected chi connectivity index (χ3v) is 3.15. The van der Waals surface area contributed by atoms with Crippen molar-refractivity contribution in [1.82, 2.24) is 9.78 Å². The smallest absolute Gasteiger partial charge is 0.132 e. The number of phenols is 1. The molecule has 3 N–H and O–H groups in total. The summed E-state index contributed by atoms with van der Waals surface area (Å²) in [5.41, 5.74) is 8.50. The molecule has 1 aromatic heterocycles. The number of benzene rings is 1. The Bertz CT molecular complexity index is 525. The molecule has 0 unspecified atom stereocenters. The van der Waals surface area contributed by atoms with Gasteiger partial charge in [0.05, 0.1) is 10.7 Å². The molecule has 16 heavy (non-hydrogen) atoms. The van der Waals surface area contributed by atoms with Gasteiger partial charge in [-0.25, -0.2) is 0 Å². The van der Waals surface area contributed by atoms with Crippen LogP contribution < -0.4 is 5.73 Å². The number of aromatic nitrogens is 2. The maximum atomic E-state index is 9.65. The van der Waals surface area contributed by atoms with Crippen molar-refractivity contribution >= 4 is 21.7 Å². The van der Waals surface area contributed by atoms with Gasteiger partial charge in [0, 0.05) is 12.6 Å². The number of nitrogens with zero attached hydrogens (tertiary/aromatic N) is 2. The van der Waals surface area contributed by atoms with E-state index in [0.717, 1.165) is 16.7 Å². The largest absolute Gasteiger partial charge is 0.506 e. The van der Waals surface area contributed by atoms with Gasteiger partial charge < -0.3 is 10.8 Å². The molecular weight excluding hydrogens is 270 g/mol. The third-order valence-electron chi connectivity index (χ3n) is 2.55. The molecule has 0 spiro atoms. The number of anilines is 1. The molecule has 0 amide bonds. The van der Waals surface area contributed by atoms with E-state index in [1.165, 1.54) is 0 Å². The fourth-order valence-corrected chi connectivity index (χ4v) is 2.12. The zero-order valence-corrected chi connectivity index (χ0v) is 10.6. The van der Waals surface area contributed by atoms with E-state index < -0.39 is 0 Å². The zero-order chi connectivity index (χ0) is 11.9. The second kappa shape index (κ2) is 3.83. The first-order valence-corrected chi connectivity index (χ1v) is 5.57. The van der Waals surface area contributed by atoms with Gasteiger partial charge in [0.1, 0.15) is 11.6 Å². The molecular formula is C11H12BrN3O. The Hall–Kier alpha value is -1.49. The van der Waals surface area contributed by atoms with Gasteiger partial charge in [0.2, 0.25) is 0 Å². The molecule has 84 valence electrons. The summed E-state index contributed by atoms with van der Waals surface area (Å²) in [4.78, 5) is 0. The normalized spacial score (nSPS) is 10.7. The van der Waals surface area contributed by atoms with Crippen LogP contribution in [0.25, 0.3) is 11.1 Å². The van der Waals surface area contributed by atoms with Crippen molar-refractivity contribution in [2.45, 2.75) is 6.92 Å². The standard InChI is InChI=1S/C11H12BrN3O/c1-6-3-7(4-9(12)10(6)16)8-5-14-15(2)11(8)13/h3-5,16H,13H2,1-2H3. The summed E-state index contributed by atoms with van der Waals surface area (Å²) < 4.78 is 2.27. The number of aromatic hydroxyl groups is 1. The van der Waals surface area contributed by atoms with Gasteiger partial charge in [0.25, 0.3) is 0 Å². The second-order valence-corrected chi connectivity index (χ2v) is 4.55. The van der Waals surface area contributed by atoms with Crippen LogP contribution in [0.15, 0.2) is 22.8 Å². The van der Waals surface area contributed by atoms with E-state index in [0.29, 0.717) is 10.3 Å². The Morgan fingerprint density at radius 2 is 2.12 bits per heavy atom. The quantitative estimate of drug-likeness (QED) is 0.844. The number of hydrogen-bond donors (Lipinski definition) is 2. The van der Waals surface area contributed by atoms with E-state index in [1.54, 1.807) is 17.9 Å². The fourth-order valence-electron chi connectivity index (χ4n) is 1.56. The average Bonchev–Trinajstić information content (AvgIpc) is 2.56. The van der Waals surface area contributed by atoms with Crippen LogP contribution in [0.4, 0.5) is 5.82 Å². The van der Waals surface area contributed by atoms with Gasteiger partial charge in [-0.2, -0.15) is 5.10 Å². The van der Waals surface area contributed by atoms with Gasteiger partial charge >= 0.3 is 0 Å². The van der Waals surface area contributed by atoms with E-state index in [2.05, 4.69) is 21.0 Å². The van der Waals surface area contributed by atoms with Gasteiger partial charge in [-0.1, -0.05) is 0 Å². The van der Waals surface area contributed by atoms with Crippen LogP contribution in [-0.4, -0.2) is 14.9 Å². The molecule has 0 bridgehead atoms. The third kappa shape index (κ3) is 1.67. The Morgan fingerprint density at radius 3 is 2.62 bits per heavy atom. The summed E-state index contributed by atoms with van der Waals surface area (Å²) >= 11 is 3.31. The monoisotopic (exact) mass is 281 g/mol. The topological polar surface area (TPSA) is 64.1 Å². The van der Waals surface area contributed by atoms with Crippen molar-refractivity contribution in [3.8, 4) is 16.9 Å². The predicted molar refractivity (Wildman–Crippen MR) is 67.2 cm³/mol. The minimum atomic E-state index is 0.256. The fraction of sp³-hybridized carbons (Fsp3) is 0.182. The minimum Gasteiger partial charge on any atom is -0.506 e. The number of halogens is 1. The van der Waals surface area contributed by atoms with E-state index in [-0.39, 0.29) is 5.75 Å². The first-order valence-electron chi connectivity index (χ1n) is 4.77. The number of aryl methyl sites for hydroxylation is 2.